The highest BCUT2D eigenvalue weighted by molar-refractivity contribution is 6.14. The number of carbonyl (C=O) groups excluding carboxylic acids is 2. The Bertz CT molecular complexity index is 767. The molecule has 0 radical (unpaired) electrons. The van der Waals surface area contributed by atoms with Gasteiger partial charge in [-0.3, -0.25) is 14.5 Å². The Balaban J connectivity index is 1.87. The second-order valence-corrected chi connectivity index (χ2v) is 6.29. The lowest BCUT2D eigenvalue weighted by atomic mass is 10.1. The van der Waals surface area contributed by atoms with Crippen LogP contribution in [0.3, 0.4) is 0 Å². The number of aliphatic imine (C=N–C) groups is 1. The van der Waals surface area contributed by atoms with Crippen LogP contribution in [-0.2, 0) is 9.59 Å². The highest BCUT2D eigenvalue weighted by atomic mass is 16.6. The summed E-state index contributed by atoms with van der Waals surface area (Å²) >= 11 is 0. The standard InChI is InChI=1S/C20H24N2O4/c1-3-19(23)26-16-10-9-14(13-17(16)25-4-2)12-15-20(24)22-11-7-5-6-8-18(22)21-15/h9-10,12-13H,3-8,11H2,1-2H3/b15-12+. The lowest BCUT2D eigenvalue weighted by molar-refractivity contribution is -0.134. The Morgan fingerprint density at radius 3 is 2.85 bits per heavy atom. The molecule has 2 heterocycles. The van der Waals surface area contributed by atoms with Crippen LogP contribution >= 0.6 is 0 Å². The summed E-state index contributed by atoms with van der Waals surface area (Å²) in [5.74, 6) is 1.39. The molecule has 6 nitrogen and oxygen atoms in total. The number of rotatable bonds is 5. The van der Waals surface area contributed by atoms with E-state index in [1.165, 1.54) is 0 Å². The number of esters is 1. The molecule has 138 valence electrons. The molecule has 6 heteroatoms. The molecule has 0 aromatic heterocycles. The molecule has 0 saturated carbocycles. The van der Waals surface area contributed by atoms with E-state index in [4.69, 9.17) is 9.47 Å². The van der Waals surface area contributed by atoms with Crippen LogP contribution in [0.4, 0.5) is 0 Å². The molecule has 1 fully saturated rings. The summed E-state index contributed by atoms with van der Waals surface area (Å²) in [7, 11) is 0. The Hall–Kier alpha value is -2.63. The lowest BCUT2D eigenvalue weighted by Gasteiger charge is -2.14. The molecule has 1 aromatic rings. The topological polar surface area (TPSA) is 68.2 Å². The first kappa shape index (κ1) is 18.2. The van der Waals surface area contributed by atoms with Crippen LogP contribution in [0.2, 0.25) is 0 Å². The number of fused-ring (bicyclic) bond motifs is 1. The number of amides is 1. The van der Waals surface area contributed by atoms with Gasteiger partial charge >= 0.3 is 5.97 Å². The molecule has 0 bridgehead atoms. The zero-order valence-electron chi connectivity index (χ0n) is 15.3. The maximum absolute atomic E-state index is 12.6. The van der Waals surface area contributed by atoms with Crippen molar-refractivity contribution < 1.29 is 19.1 Å². The SMILES string of the molecule is CCOc1cc(/C=C2/N=C3CCCCCN3C2=O)ccc1OC(=O)CC. The number of nitrogens with zero attached hydrogens (tertiary/aromatic N) is 2. The minimum absolute atomic E-state index is 0.0404. The smallest absolute Gasteiger partial charge is 0.311 e. The van der Waals surface area contributed by atoms with Gasteiger partial charge in [0, 0.05) is 19.4 Å². The number of amidine groups is 1. The van der Waals surface area contributed by atoms with E-state index in [9.17, 15) is 9.59 Å². The van der Waals surface area contributed by atoms with E-state index in [2.05, 4.69) is 4.99 Å². The van der Waals surface area contributed by atoms with Gasteiger partial charge in [-0.15, -0.1) is 0 Å². The molecule has 1 amide bonds. The van der Waals surface area contributed by atoms with Gasteiger partial charge in [0.15, 0.2) is 11.5 Å². The molecule has 26 heavy (non-hydrogen) atoms. The van der Waals surface area contributed by atoms with E-state index in [0.717, 1.165) is 43.6 Å². The summed E-state index contributed by atoms with van der Waals surface area (Å²) in [4.78, 5) is 30.5. The Morgan fingerprint density at radius 1 is 1.23 bits per heavy atom. The number of ether oxygens (including phenoxy) is 2. The average Bonchev–Trinajstić information content (AvgIpc) is 2.80. The first-order valence-corrected chi connectivity index (χ1v) is 9.21. The second kappa shape index (κ2) is 8.17. The van der Waals surface area contributed by atoms with Crippen molar-refractivity contribution in [3.63, 3.8) is 0 Å². The number of hydrogen-bond acceptors (Lipinski definition) is 5. The lowest BCUT2D eigenvalue weighted by Crippen LogP contribution is -2.31. The van der Waals surface area contributed by atoms with Crippen molar-refractivity contribution in [1.82, 2.24) is 4.90 Å². The predicted octanol–water partition coefficient (Wildman–Crippen LogP) is 3.56. The monoisotopic (exact) mass is 356 g/mol. The van der Waals surface area contributed by atoms with Gasteiger partial charge in [-0.05, 0) is 43.5 Å². The van der Waals surface area contributed by atoms with Crippen LogP contribution in [-0.4, -0.2) is 35.8 Å². The molecule has 1 saturated heterocycles. The predicted molar refractivity (Wildman–Crippen MR) is 99.1 cm³/mol. The normalized spacial score (nSPS) is 18.4. The Morgan fingerprint density at radius 2 is 2.08 bits per heavy atom. The average molecular weight is 356 g/mol. The van der Waals surface area contributed by atoms with Crippen molar-refractivity contribution >= 4 is 23.8 Å². The molecule has 0 aliphatic carbocycles. The maximum atomic E-state index is 12.6. The highest BCUT2D eigenvalue weighted by Crippen LogP contribution is 2.31. The van der Waals surface area contributed by atoms with Crippen LogP contribution in [0, 0.1) is 0 Å². The molecule has 2 aliphatic heterocycles. The summed E-state index contributed by atoms with van der Waals surface area (Å²) in [5, 5.41) is 0. The third-order valence-corrected chi connectivity index (χ3v) is 4.39. The summed E-state index contributed by atoms with van der Waals surface area (Å²) < 4.78 is 10.9. The van der Waals surface area contributed by atoms with Crippen molar-refractivity contribution in [3.05, 3.63) is 29.5 Å². The van der Waals surface area contributed by atoms with E-state index in [-0.39, 0.29) is 11.9 Å². The molecule has 0 N–H and O–H groups in total. The van der Waals surface area contributed by atoms with Gasteiger partial charge in [0.25, 0.3) is 5.91 Å². The molecular formula is C20H24N2O4. The van der Waals surface area contributed by atoms with Gasteiger partial charge in [-0.2, -0.15) is 0 Å². The summed E-state index contributed by atoms with van der Waals surface area (Å²) in [6.07, 6.45) is 6.12. The van der Waals surface area contributed by atoms with Gasteiger partial charge in [-0.25, -0.2) is 4.99 Å². The first-order chi connectivity index (χ1) is 12.6. The molecule has 0 spiro atoms. The molecule has 0 atom stereocenters. The third kappa shape index (κ3) is 3.95. The maximum Gasteiger partial charge on any atom is 0.311 e. The van der Waals surface area contributed by atoms with Crippen LogP contribution < -0.4 is 9.47 Å². The molecule has 3 rings (SSSR count). The van der Waals surface area contributed by atoms with E-state index in [0.29, 0.717) is 30.2 Å². The molecule has 2 aliphatic rings. The third-order valence-electron chi connectivity index (χ3n) is 4.39. The minimum atomic E-state index is -0.317. The molecule has 0 unspecified atom stereocenters. The largest absolute Gasteiger partial charge is 0.490 e. The van der Waals surface area contributed by atoms with Crippen LogP contribution in [0.5, 0.6) is 11.5 Å². The van der Waals surface area contributed by atoms with E-state index in [1.807, 2.05) is 6.92 Å². The first-order valence-electron chi connectivity index (χ1n) is 9.21. The van der Waals surface area contributed by atoms with E-state index >= 15 is 0 Å². The minimum Gasteiger partial charge on any atom is -0.490 e. The quantitative estimate of drug-likeness (QED) is 0.460. The van der Waals surface area contributed by atoms with Crippen molar-refractivity contribution in [2.24, 2.45) is 4.99 Å². The molecular weight excluding hydrogens is 332 g/mol. The van der Waals surface area contributed by atoms with Gasteiger partial charge in [0.2, 0.25) is 0 Å². The van der Waals surface area contributed by atoms with Crippen molar-refractivity contribution in [2.45, 2.75) is 46.0 Å². The van der Waals surface area contributed by atoms with Gasteiger partial charge in [-0.1, -0.05) is 19.4 Å². The number of carbonyl (C=O) groups is 2. The van der Waals surface area contributed by atoms with E-state index < -0.39 is 0 Å². The van der Waals surface area contributed by atoms with Gasteiger partial charge in [0.05, 0.1) is 6.61 Å². The van der Waals surface area contributed by atoms with Crippen molar-refractivity contribution in [3.8, 4) is 11.5 Å². The zero-order chi connectivity index (χ0) is 18.5. The van der Waals surface area contributed by atoms with Crippen molar-refractivity contribution in [2.75, 3.05) is 13.2 Å². The zero-order valence-corrected chi connectivity index (χ0v) is 15.3. The van der Waals surface area contributed by atoms with Crippen LogP contribution in [0.15, 0.2) is 28.9 Å². The summed E-state index contributed by atoms with van der Waals surface area (Å²) in [5.41, 5.74) is 1.23. The number of benzene rings is 1. The number of hydrogen-bond donors (Lipinski definition) is 0. The summed E-state index contributed by atoms with van der Waals surface area (Å²) in [6, 6.07) is 5.26. The van der Waals surface area contributed by atoms with Crippen LogP contribution in [0.1, 0.15) is 51.5 Å². The Labute approximate surface area is 153 Å². The highest BCUT2D eigenvalue weighted by Gasteiger charge is 2.30. The van der Waals surface area contributed by atoms with Gasteiger partial charge in [0.1, 0.15) is 11.5 Å². The van der Waals surface area contributed by atoms with Crippen molar-refractivity contribution in [1.29, 1.82) is 0 Å². The summed E-state index contributed by atoms with van der Waals surface area (Å²) in [6.45, 7) is 4.80. The van der Waals surface area contributed by atoms with Crippen LogP contribution in [0.25, 0.3) is 6.08 Å². The second-order valence-electron chi connectivity index (χ2n) is 6.29. The molecule has 1 aromatic carbocycles. The fourth-order valence-electron chi connectivity index (χ4n) is 3.07. The van der Waals surface area contributed by atoms with E-state index in [1.54, 1.807) is 36.1 Å². The fourth-order valence-corrected chi connectivity index (χ4v) is 3.07. The van der Waals surface area contributed by atoms with Gasteiger partial charge < -0.3 is 9.47 Å². The Kier molecular flexibility index (Phi) is 5.71. The fraction of sp³-hybridized carbons (Fsp3) is 0.450.